The minimum Gasteiger partial charge on any atom is -0.488 e. The summed E-state index contributed by atoms with van der Waals surface area (Å²) in [5.74, 6) is 0.477. The van der Waals surface area contributed by atoms with Gasteiger partial charge in [-0.05, 0) is 74.7 Å². The lowest BCUT2D eigenvalue weighted by atomic mass is 9.88. The van der Waals surface area contributed by atoms with Gasteiger partial charge < -0.3 is 14.4 Å². The van der Waals surface area contributed by atoms with E-state index in [-0.39, 0.29) is 23.4 Å². The van der Waals surface area contributed by atoms with Gasteiger partial charge >= 0.3 is 0 Å². The molecule has 32 heavy (non-hydrogen) atoms. The SMILES string of the molecule is O=C(c1ccccc1CN1CCCC1)N1CCC[C@]2(C[C@@H](Oc3ccc(F)cc3)CO2)C1. The van der Waals surface area contributed by atoms with E-state index in [9.17, 15) is 9.18 Å². The van der Waals surface area contributed by atoms with Crippen molar-refractivity contribution >= 4 is 5.91 Å². The molecule has 0 aliphatic carbocycles. The molecule has 5 nitrogen and oxygen atoms in total. The molecule has 0 radical (unpaired) electrons. The summed E-state index contributed by atoms with van der Waals surface area (Å²) >= 11 is 0. The zero-order valence-electron chi connectivity index (χ0n) is 18.5. The summed E-state index contributed by atoms with van der Waals surface area (Å²) in [5, 5.41) is 0. The van der Waals surface area contributed by atoms with E-state index >= 15 is 0 Å². The molecule has 3 saturated heterocycles. The fraction of sp³-hybridized carbons (Fsp3) is 0.500. The second-order valence-corrected chi connectivity index (χ2v) is 9.36. The topological polar surface area (TPSA) is 42.0 Å². The number of ether oxygens (including phenoxy) is 2. The van der Waals surface area contributed by atoms with E-state index in [1.165, 1.54) is 25.0 Å². The van der Waals surface area contributed by atoms with Gasteiger partial charge in [-0.2, -0.15) is 0 Å². The minimum atomic E-state index is -0.359. The molecule has 2 aromatic carbocycles. The van der Waals surface area contributed by atoms with Crippen molar-refractivity contribution in [1.82, 2.24) is 9.80 Å². The maximum atomic E-state index is 13.5. The van der Waals surface area contributed by atoms with Crippen LogP contribution in [0.5, 0.6) is 5.75 Å². The summed E-state index contributed by atoms with van der Waals surface area (Å²) in [6, 6.07) is 14.1. The first kappa shape index (κ1) is 21.4. The first-order valence-corrected chi connectivity index (χ1v) is 11.8. The van der Waals surface area contributed by atoms with Crippen LogP contribution in [-0.2, 0) is 11.3 Å². The van der Waals surface area contributed by atoms with E-state index in [1.807, 2.05) is 23.1 Å². The number of amides is 1. The van der Waals surface area contributed by atoms with Crippen molar-refractivity contribution in [3.8, 4) is 5.75 Å². The van der Waals surface area contributed by atoms with Crippen LogP contribution in [0.3, 0.4) is 0 Å². The highest BCUT2D eigenvalue weighted by Gasteiger charge is 2.45. The van der Waals surface area contributed by atoms with Crippen LogP contribution in [0, 0.1) is 5.82 Å². The highest BCUT2D eigenvalue weighted by Crippen LogP contribution is 2.37. The number of hydrogen-bond acceptors (Lipinski definition) is 4. The highest BCUT2D eigenvalue weighted by atomic mass is 19.1. The number of carbonyl (C=O) groups is 1. The number of rotatable bonds is 5. The van der Waals surface area contributed by atoms with E-state index < -0.39 is 0 Å². The van der Waals surface area contributed by atoms with Gasteiger partial charge in [-0.1, -0.05) is 18.2 Å². The first-order valence-electron chi connectivity index (χ1n) is 11.8. The Hall–Kier alpha value is -2.44. The van der Waals surface area contributed by atoms with Crippen LogP contribution in [0.15, 0.2) is 48.5 Å². The molecule has 0 bridgehead atoms. The number of piperidine rings is 1. The monoisotopic (exact) mass is 438 g/mol. The van der Waals surface area contributed by atoms with Crippen LogP contribution in [0.1, 0.15) is 48.0 Å². The third-order valence-electron chi connectivity index (χ3n) is 6.96. The predicted octanol–water partition coefficient (Wildman–Crippen LogP) is 4.26. The Kier molecular flexibility index (Phi) is 6.15. The maximum Gasteiger partial charge on any atom is 0.254 e. The number of carbonyl (C=O) groups excluding carboxylic acids is 1. The maximum absolute atomic E-state index is 13.5. The fourth-order valence-corrected chi connectivity index (χ4v) is 5.36. The predicted molar refractivity (Wildman–Crippen MR) is 120 cm³/mol. The molecular formula is C26H31FN2O3. The van der Waals surface area contributed by atoms with Crippen molar-refractivity contribution in [3.05, 3.63) is 65.5 Å². The number of halogens is 1. The second-order valence-electron chi connectivity index (χ2n) is 9.36. The summed E-state index contributed by atoms with van der Waals surface area (Å²) in [7, 11) is 0. The lowest BCUT2D eigenvalue weighted by molar-refractivity contribution is -0.0453. The van der Waals surface area contributed by atoms with E-state index in [2.05, 4.69) is 11.0 Å². The molecule has 6 heteroatoms. The smallest absolute Gasteiger partial charge is 0.254 e. The zero-order chi connectivity index (χ0) is 22.0. The van der Waals surface area contributed by atoms with Crippen LogP contribution in [0.4, 0.5) is 4.39 Å². The van der Waals surface area contributed by atoms with Gasteiger partial charge in [-0.25, -0.2) is 4.39 Å². The Labute approximate surface area is 189 Å². The Balaban J connectivity index is 1.25. The number of likely N-dealkylation sites (tertiary alicyclic amines) is 2. The average Bonchev–Trinajstić information content (AvgIpc) is 3.46. The Bertz CT molecular complexity index is 944. The van der Waals surface area contributed by atoms with Gasteiger partial charge in [0.1, 0.15) is 17.7 Å². The van der Waals surface area contributed by atoms with Gasteiger partial charge in [0.05, 0.1) is 18.8 Å². The van der Waals surface area contributed by atoms with E-state index in [0.29, 0.717) is 18.9 Å². The van der Waals surface area contributed by atoms with Gasteiger partial charge in [0.2, 0.25) is 0 Å². The molecule has 170 valence electrons. The van der Waals surface area contributed by atoms with Gasteiger partial charge in [-0.15, -0.1) is 0 Å². The zero-order valence-corrected chi connectivity index (χ0v) is 18.5. The number of nitrogens with zero attached hydrogens (tertiary/aromatic N) is 2. The normalized spacial score (nSPS) is 26.0. The molecule has 3 fully saturated rings. The van der Waals surface area contributed by atoms with Gasteiger partial charge in [0, 0.05) is 25.1 Å². The van der Waals surface area contributed by atoms with Crippen LogP contribution < -0.4 is 4.74 Å². The molecule has 0 aromatic heterocycles. The van der Waals surface area contributed by atoms with Crippen molar-refractivity contribution < 1.29 is 18.7 Å². The quantitative estimate of drug-likeness (QED) is 0.700. The van der Waals surface area contributed by atoms with Gasteiger partial charge in [0.15, 0.2) is 0 Å². The van der Waals surface area contributed by atoms with Crippen molar-refractivity contribution in [3.63, 3.8) is 0 Å². The number of benzene rings is 2. The van der Waals surface area contributed by atoms with Gasteiger partial charge in [0.25, 0.3) is 5.91 Å². The van der Waals surface area contributed by atoms with Crippen LogP contribution in [0.25, 0.3) is 0 Å². The average molecular weight is 439 g/mol. The molecule has 0 N–H and O–H groups in total. The molecule has 2 aromatic rings. The summed E-state index contributed by atoms with van der Waals surface area (Å²) in [5.41, 5.74) is 1.57. The number of hydrogen-bond donors (Lipinski definition) is 0. The second kappa shape index (κ2) is 9.20. The van der Waals surface area contributed by atoms with Gasteiger partial charge in [-0.3, -0.25) is 9.69 Å². The molecule has 1 amide bonds. The molecule has 2 atom stereocenters. The van der Waals surface area contributed by atoms with Crippen molar-refractivity contribution in [2.45, 2.75) is 50.4 Å². The molecule has 1 spiro atoms. The summed E-state index contributed by atoms with van der Waals surface area (Å²) in [4.78, 5) is 17.9. The summed E-state index contributed by atoms with van der Waals surface area (Å²) in [6.07, 6.45) is 4.98. The minimum absolute atomic E-state index is 0.0852. The Morgan fingerprint density at radius 3 is 2.66 bits per heavy atom. The molecular weight excluding hydrogens is 407 g/mol. The third kappa shape index (κ3) is 4.66. The lowest BCUT2D eigenvalue weighted by Crippen LogP contribution is -2.50. The molecule has 3 aliphatic rings. The van der Waals surface area contributed by atoms with Crippen LogP contribution in [0.2, 0.25) is 0 Å². The molecule has 5 rings (SSSR count). The Morgan fingerprint density at radius 2 is 1.84 bits per heavy atom. The molecule has 0 saturated carbocycles. The van der Waals surface area contributed by atoms with Crippen LogP contribution >= 0.6 is 0 Å². The third-order valence-corrected chi connectivity index (χ3v) is 6.96. The highest BCUT2D eigenvalue weighted by molar-refractivity contribution is 5.95. The van der Waals surface area contributed by atoms with Crippen molar-refractivity contribution in [2.24, 2.45) is 0 Å². The molecule has 3 heterocycles. The Morgan fingerprint density at radius 1 is 1.06 bits per heavy atom. The van der Waals surface area contributed by atoms with E-state index in [1.54, 1.807) is 12.1 Å². The summed E-state index contributed by atoms with van der Waals surface area (Å²) in [6.45, 7) is 4.89. The fourth-order valence-electron chi connectivity index (χ4n) is 5.36. The largest absolute Gasteiger partial charge is 0.488 e. The van der Waals surface area contributed by atoms with E-state index in [0.717, 1.165) is 56.6 Å². The summed E-state index contributed by atoms with van der Waals surface area (Å²) < 4.78 is 25.4. The standard InChI is InChI=1S/C26H31FN2O3/c27-21-8-10-22(11-9-21)32-23-16-26(31-18-23)12-5-15-29(19-26)25(30)24-7-2-1-6-20(24)17-28-13-3-4-14-28/h1-2,6-11,23H,3-5,12-19H2/t23-,26+/m1/s1. The first-order chi connectivity index (χ1) is 15.6. The lowest BCUT2D eigenvalue weighted by Gasteiger charge is -2.40. The molecule has 3 aliphatic heterocycles. The van der Waals surface area contributed by atoms with Crippen LogP contribution in [-0.4, -0.2) is 60.2 Å². The van der Waals surface area contributed by atoms with Crippen molar-refractivity contribution in [2.75, 3.05) is 32.8 Å². The van der Waals surface area contributed by atoms with Crippen molar-refractivity contribution in [1.29, 1.82) is 0 Å². The van der Waals surface area contributed by atoms with E-state index in [4.69, 9.17) is 9.47 Å². The molecule has 0 unspecified atom stereocenters.